The molecule has 144 valence electrons. The molecule has 29 heavy (non-hydrogen) atoms. The van der Waals surface area contributed by atoms with Crippen LogP contribution in [-0.4, -0.2) is 16.8 Å². The molecular weight excluding hydrogens is 389 g/mol. The fraction of sp³-hybridized carbons (Fsp3) is 0.0455. The fourth-order valence-electron chi connectivity index (χ4n) is 2.87. The standard InChI is InChI=1S/C22H16FN3O2S/c1-13(27)24-16-10-11-18(23)17(12-16)21(28)25-15-8-6-14(7-9-15)22-26-19-4-2-3-5-20(19)29-22/h2-12H,1H3,(H,24,27)(H,25,28). The minimum Gasteiger partial charge on any atom is -0.326 e. The summed E-state index contributed by atoms with van der Waals surface area (Å²) < 4.78 is 15.2. The molecule has 0 aliphatic heterocycles. The lowest BCUT2D eigenvalue weighted by Crippen LogP contribution is -2.15. The van der Waals surface area contributed by atoms with Crippen molar-refractivity contribution >= 4 is 44.7 Å². The minimum atomic E-state index is -0.664. The molecule has 0 bridgehead atoms. The van der Waals surface area contributed by atoms with Crippen molar-refractivity contribution in [1.82, 2.24) is 4.98 Å². The number of fused-ring (bicyclic) bond motifs is 1. The first-order valence-corrected chi connectivity index (χ1v) is 9.66. The number of hydrogen-bond acceptors (Lipinski definition) is 4. The molecule has 1 aromatic heterocycles. The molecule has 0 radical (unpaired) electrons. The van der Waals surface area contributed by atoms with Gasteiger partial charge < -0.3 is 10.6 Å². The van der Waals surface area contributed by atoms with Gasteiger partial charge in [0.25, 0.3) is 5.91 Å². The van der Waals surface area contributed by atoms with Crippen LogP contribution in [-0.2, 0) is 4.79 Å². The number of aromatic nitrogens is 1. The summed E-state index contributed by atoms with van der Waals surface area (Å²) in [6.45, 7) is 1.34. The number of halogens is 1. The summed E-state index contributed by atoms with van der Waals surface area (Å²) >= 11 is 1.59. The molecule has 0 atom stereocenters. The largest absolute Gasteiger partial charge is 0.326 e. The quantitative estimate of drug-likeness (QED) is 0.483. The number of thiazole rings is 1. The fourth-order valence-corrected chi connectivity index (χ4v) is 3.84. The summed E-state index contributed by atoms with van der Waals surface area (Å²) in [6, 6.07) is 19.0. The Bertz CT molecular complexity index is 1190. The van der Waals surface area contributed by atoms with Gasteiger partial charge in [0.1, 0.15) is 10.8 Å². The average Bonchev–Trinajstić information content (AvgIpc) is 3.14. The summed E-state index contributed by atoms with van der Waals surface area (Å²) in [5.74, 6) is -1.56. The highest BCUT2D eigenvalue weighted by Crippen LogP contribution is 2.30. The maximum Gasteiger partial charge on any atom is 0.258 e. The van der Waals surface area contributed by atoms with Crippen molar-refractivity contribution in [2.45, 2.75) is 6.92 Å². The molecule has 4 rings (SSSR count). The molecule has 0 aliphatic rings. The number of para-hydroxylation sites is 1. The third-order valence-corrected chi connectivity index (χ3v) is 5.30. The SMILES string of the molecule is CC(=O)Nc1ccc(F)c(C(=O)Nc2ccc(-c3nc4ccccc4s3)cc2)c1. The number of hydrogen-bond donors (Lipinski definition) is 2. The van der Waals surface area contributed by atoms with Crippen LogP contribution in [0.2, 0.25) is 0 Å². The van der Waals surface area contributed by atoms with Gasteiger partial charge in [0.05, 0.1) is 15.8 Å². The van der Waals surface area contributed by atoms with Gasteiger partial charge in [-0.05, 0) is 54.6 Å². The summed E-state index contributed by atoms with van der Waals surface area (Å²) in [5.41, 5.74) is 2.62. The van der Waals surface area contributed by atoms with Crippen molar-refractivity contribution in [2.24, 2.45) is 0 Å². The predicted octanol–water partition coefficient (Wildman–Crippen LogP) is 5.31. The lowest BCUT2D eigenvalue weighted by molar-refractivity contribution is -0.114. The van der Waals surface area contributed by atoms with Gasteiger partial charge in [0.2, 0.25) is 5.91 Å². The van der Waals surface area contributed by atoms with Gasteiger partial charge in [-0.2, -0.15) is 0 Å². The predicted molar refractivity (Wildman–Crippen MR) is 114 cm³/mol. The molecule has 2 N–H and O–H groups in total. The first kappa shape index (κ1) is 18.8. The Balaban J connectivity index is 1.53. The second-order valence-electron chi connectivity index (χ2n) is 6.39. The molecule has 7 heteroatoms. The molecular formula is C22H16FN3O2S. The number of rotatable bonds is 4. The van der Waals surface area contributed by atoms with E-state index in [1.807, 2.05) is 36.4 Å². The Morgan fingerprint density at radius 3 is 2.38 bits per heavy atom. The highest BCUT2D eigenvalue weighted by atomic mass is 32.1. The van der Waals surface area contributed by atoms with Gasteiger partial charge in [-0.25, -0.2) is 9.37 Å². The van der Waals surface area contributed by atoms with E-state index in [4.69, 9.17) is 0 Å². The van der Waals surface area contributed by atoms with Crippen molar-refractivity contribution in [2.75, 3.05) is 10.6 Å². The monoisotopic (exact) mass is 405 g/mol. The van der Waals surface area contributed by atoms with Gasteiger partial charge >= 0.3 is 0 Å². The van der Waals surface area contributed by atoms with Gasteiger partial charge in [-0.1, -0.05) is 12.1 Å². The molecule has 0 saturated carbocycles. The lowest BCUT2D eigenvalue weighted by atomic mass is 10.1. The minimum absolute atomic E-state index is 0.147. The zero-order valence-corrected chi connectivity index (χ0v) is 16.2. The molecule has 0 unspecified atom stereocenters. The molecule has 5 nitrogen and oxygen atoms in total. The molecule has 0 fully saturated rings. The Labute approximate surface area is 170 Å². The van der Waals surface area contributed by atoms with Gasteiger partial charge in [0, 0.05) is 23.9 Å². The number of carbonyl (C=O) groups excluding carboxylic acids is 2. The number of carbonyl (C=O) groups is 2. The second-order valence-corrected chi connectivity index (χ2v) is 7.42. The number of benzene rings is 3. The summed E-state index contributed by atoms with van der Waals surface area (Å²) in [5, 5.41) is 6.10. The van der Waals surface area contributed by atoms with Crippen LogP contribution in [0.5, 0.6) is 0 Å². The van der Waals surface area contributed by atoms with Crippen molar-refractivity contribution in [1.29, 1.82) is 0 Å². The zero-order chi connectivity index (χ0) is 20.4. The topological polar surface area (TPSA) is 71.1 Å². The van der Waals surface area contributed by atoms with Crippen LogP contribution in [0.25, 0.3) is 20.8 Å². The molecule has 3 aromatic carbocycles. The van der Waals surface area contributed by atoms with Crippen LogP contribution in [0, 0.1) is 5.82 Å². The number of nitrogens with zero attached hydrogens (tertiary/aromatic N) is 1. The summed E-state index contributed by atoms with van der Waals surface area (Å²) in [4.78, 5) is 28.3. The van der Waals surface area contributed by atoms with E-state index in [0.717, 1.165) is 26.9 Å². The smallest absolute Gasteiger partial charge is 0.258 e. The third-order valence-electron chi connectivity index (χ3n) is 4.21. The van der Waals surface area contributed by atoms with E-state index in [-0.39, 0.29) is 11.5 Å². The molecule has 2 amide bonds. The third kappa shape index (κ3) is 4.14. The van der Waals surface area contributed by atoms with Crippen LogP contribution in [0.3, 0.4) is 0 Å². The number of anilines is 2. The van der Waals surface area contributed by atoms with Gasteiger partial charge in [-0.15, -0.1) is 11.3 Å². The van der Waals surface area contributed by atoms with E-state index in [9.17, 15) is 14.0 Å². The van der Waals surface area contributed by atoms with E-state index in [0.29, 0.717) is 11.4 Å². The van der Waals surface area contributed by atoms with Crippen molar-refractivity contribution in [3.8, 4) is 10.6 Å². The van der Waals surface area contributed by atoms with Crippen molar-refractivity contribution in [3.05, 3.63) is 78.1 Å². The van der Waals surface area contributed by atoms with Crippen molar-refractivity contribution in [3.63, 3.8) is 0 Å². The van der Waals surface area contributed by atoms with E-state index in [1.165, 1.54) is 19.1 Å². The number of amides is 2. The number of nitrogens with one attached hydrogen (secondary N) is 2. The first-order valence-electron chi connectivity index (χ1n) is 8.84. The van der Waals surface area contributed by atoms with Crippen molar-refractivity contribution < 1.29 is 14.0 Å². The molecule has 1 heterocycles. The Hall–Kier alpha value is -3.58. The van der Waals surface area contributed by atoms with E-state index in [2.05, 4.69) is 15.6 Å². The van der Waals surface area contributed by atoms with E-state index < -0.39 is 11.7 Å². The molecule has 0 aliphatic carbocycles. The summed E-state index contributed by atoms with van der Waals surface area (Å²) in [7, 11) is 0. The Morgan fingerprint density at radius 1 is 0.931 bits per heavy atom. The maximum atomic E-state index is 14.1. The lowest BCUT2D eigenvalue weighted by Gasteiger charge is -2.09. The summed E-state index contributed by atoms with van der Waals surface area (Å²) in [6.07, 6.45) is 0. The van der Waals surface area contributed by atoms with Crippen LogP contribution in [0.15, 0.2) is 66.7 Å². The highest BCUT2D eigenvalue weighted by molar-refractivity contribution is 7.21. The van der Waals surface area contributed by atoms with E-state index in [1.54, 1.807) is 23.5 Å². The van der Waals surface area contributed by atoms with Crippen LogP contribution < -0.4 is 10.6 Å². The van der Waals surface area contributed by atoms with Crippen LogP contribution in [0.4, 0.5) is 15.8 Å². The maximum absolute atomic E-state index is 14.1. The first-order chi connectivity index (χ1) is 14.0. The van der Waals surface area contributed by atoms with Gasteiger partial charge in [0.15, 0.2) is 0 Å². The normalized spacial score (nSPS) is 10.7. The molecule has 4 aromatic rings. The molecule has 0 saturated heterocycles. The molecule has 0 spiro atoms. The van der Waals surface area contributed by atoms with Gasteiger partial charge in [-0.3, -0.25) is 9.59 Å². The van der Waals surface area contributed by atoms with Crippen LogP contribution >= 0.6 is 11.3 Å². The average molecular weight is 405 g/mol. The second kappa shape index (κ2) is 7.81. The zero-order valence-electron chi connectivity index (χ0n) is 15.4. The van der Waals surface area contributed by atoms with E-state index >= 15 is 0 Å². The van der Waals surface area contributed by atoms with Crippen LogP contribution in [0.1, 0.15) is 17.3 Å². The highest BCUT2D eigenvalue weighted by Gasteiger charge is 2.14. The Kier molecular flexibility index (Phi) is 5.05. The Morgan fingerprint density at radius 2 is 1.66 bits per heavy atom.